The van der Waals surface area contributed by atoms with Crippen LogP contribution in [0.15, 0.2) is 12.5 Å². The maximum absolute atomic E-state index is 12.1. The lowest BCUT2D eigenvalue weighted by atomic mass is 10.2. The largest absolute Gasteiger partial charge is 0.349 e. The molecule has 0 saturated carbocycles. The number of amides is 1. The Bertz CT molecular complexity index is 639. The van der Waals surface area contributed by atoms with Crippen LogP contribution in [0.5, 0.6) is 0 Å². The summed E-state index contributed by atoms with van der Waals surface area (Å²) in [6.07, 6.45) is 4.14. The Morgan fingerprint density at radius 1 is 1.52 bits per heavy atom. The van der Waals surface area contributed by atoms with Crippen LogP contribution in [-0.4, -0.2) is 59.9 Å². The third-order valence-electron chi connectivity index (χ3n) is 4.05. The molecule has 2 heterocycles. The molecule has 1 saturated heterocycles. The molecule has 1 atom stereocenters. The van der Waals surface area contributed by atoms with Crippen molar-refractivity contribution in [3.8, 4) is 0 Å². The zero-order valence-corrected chi connectivity index (χ0v) is 14.8. The van der Waals surface area contributed by atoms with E-state index in [1.807, 2.05) is 9.47 Å². The van der Waals surface area contributed by atoms with Crippen LogP contribution in [0, 0.1) is 5.92 Å². The van der Waals surface area contributed by atoms with Gasteiger partial charge in [-0.25, -0.2) is 13.4 Å². The van der Waals surface area contributed by atoms with Gasteiger partial charge in [-0.3, -0.25) is 9.69 Å². The van der Waals surface area contributed by atoms with Crippen molar-refractivity contribution >= 4 is 15.7 Å². The molecule has 23 heavy (non-hydrogen) atoms. The zero-order chi connectivity index (χ0) is 17.0. The van der Waals surface area contributed by atoms with Gasteiger partial charge in [-0.2, -0.15) is 0 Å². The zero-order valence-electron chi connectivity index (χ0n) is 14.0. The molecule has 1 aliphatic heterocycles. The van der Waals surface area contributed by atoms with Gasteiger partial charge in [-0.15, -0.1) is 0 Å². The van der Waals surface area contributed by atoms with Crippen LogP contribution >= 0.6 is 0 Å². The Morgan fingerprint density at radius 3 is 2.87 bits per heavy atom. The molecule has 1 aliphatic rings. The molecule has 0 bridgehead atoms. The van der Waals surface area contributed by atoms with Gasteiger partial charge in [0.05, 0.1) is 36.6 Å². The highest BCUT2D eigenvalue weighted by Crippen LogP contribution is 2.16. The summed E-state index contributed by atoms with van der Waals surface area (Å²) in [5.41, 5.74) is 0.971. The minimum atomic E-state index is -2.93. The Morgan fingerprint density at radius 2 is 2.26 bits per heavy atom. The average Bonchev–Trinajstić information content (AvgIpc) is 3.02. The molecule has 8 heteroatoms. The lowest BCUT2D eigenvalue weighted by molar-refractivity contribution is -0.122. The van der Waals surface area contributed by atoms with Gasteiger partial charge in [0.1, 0.15) is 0 Å². The van der Waals surface area contributed by atoms with Gasteiger partial charge in [-0.1, -0.05) is 13.8 Å². The highest BCUT2D eigenvalue weighted by molar-refractivity contribution is 7.91. The number of hydrogen-bond acceptors (Lipinski definition) is 5. The van der Waals surface area contributed by atoms with E-state index in [4.69, 9.17) is 0 Å². The topological polar surface area (TPSA) is 84.3 Å². The molecule has 0 aliphatic carbocycles. The first-order chi connectivity index (χ1) is 10.8. The van der Waals surface area contributed by atoms with Crippen LogP contribution < -0.4 is 5.32 Å². The second-order valence-electron chi connectivity index (χ2n) is 6.68. The van der Waals surface area contributed by atoms with Gasteiger partial charge in [0.2, 0.25) is 5.91 Å². The van der Waals surface area contributed by atoms with Crippen molar-refractivity contribution in [2.45, 2.75) is 39.4 Å². The van der Waals surface area contributed by atoms with Crippen molar-refractivity contribution in [2.24, 2.45) is 5.92 Å². The summed E-state index contributed by atoms with van der Waals surface area (Å²) in [7, 11) is -1.13. The number of hydrogen-bond donors (Lipinski definition) is 1. The van der Waals surface area contributed by atoms with Gasteiger partial charge in [0.15, 0.2) is 9.84 Å². The first-order valence-corrected chi connectivity index (χ1v) is 9.75. The van der Waals surface area contributed by atoms with E-state index < -0.39 is 9.84 Å². The molecule has 0 aromatic carbocycles. The number of sulfone groups is 1. The quantitative estimate of drug-likeness (QED) is 0.769. The fourth-order valence-corrected chi connectivity index (χ4v) is 4.58. The van der Waals surface area contributed by atoms with Crippen molar-refractivity contribution in [3.63, 3.8) is 0 Å². The van der Waals surface area contributed by atoms with E-state index >= 15 is 0 Å². The molecule has 1 amide bonds. The monoisotopic (exact) mass is 342 g/mol. The molecule has 0 radical (unpaired) electrons. The number of carbonyl (C=O) groups is 1. The molecule has 1 aromatic heterocycles. The van der Waals surface area contributed by atoms with Crippen molar-refractivity contribution in [1.29, 1.82) is 0 Å². The summed E-state index contributed by atoms with van der Waals surface area (Å²) in [4.78, 5) is 18.0. The maximum Gasteiger partial charge on any atom is 0.234 e. The summed E-state index contributed by atoms with van der Waals surface area (Å²) in [6, 6.07) is -0.0581. The van der Waals surface area contributed by atoms with Crippen molar-refractivity contribution < 1.29 is 13.2 Å². The number of nitrogens with zero attached hydrogens (tertiary/aromatic N) is 3. The van der Waals surface area contributed by atoms with E-state index in [1.165, 1.54) is 0 Å². The van der Waals surface area contributed by atoms with Crippen LogP contribution in [0.4, 0.5) is 0 Å². The van der Waals surface area contributed by atoms with Gasteiger partial charge < -0.3 is 9.88 Å². The van der Waals surface area contributed by atoms with Crippen molar-refractivity contribution in [2.75, 3.05) is 25.1 Å². The van der Waals surface area contributed by atoms with E-state index in [0.29, 0.717) is 18.9 Å². The molecule has 7 nitrogen and oxygen atoms in total. The Hall–Kier alpha value is -1.41. The standard InChI is InChI=1S/C15H26N4O3S/c1-12(2)8-19-11-16-6-14(19)7-17-15(20)9-18(3)13-4-5-23(21,22)10-13/h6,11-13H,4-5,7-10H2,1-3H3,(H,17,20). The van der Waals surface area contributed by atoms with Gasteiger partial charge in [-0.05, 0) is 19.4 Å². The number of nitrogens with one attached hydrogen (secondary N) is 1. The summed E-state index contributed by atoms with van der Waals surface area (Å²) < 4.78 is 25.0. The third kappa shape index (κ3) is 5.31. The Balaban J connectivity index is 1.80. The average molecular weight is 342 g/mol. The lowest BCUT2D eigenvalue weighted by Crippen LogP contribution is -2.41. The number of imidazole rings is 1. The van der Waals surface area contributed by atoms with Crippen LogP contribution in [0.1, 0.15) is 26.0 Å². The minimum Gasteiger partial charge on any atom is -0.349 e. The summed E-state index contributed by atoms with van der Waals surface area (Å²) in [5.74, 6) is 0.777. The van der Waals surface area contributed by atoms with Gasteiger partial charge in [0, 0.05) is 18.8 Å². The third-order valence-corrected chi connectivity index (χ3v) is 5.80. The van der Waals surface area contributed by atoms with Crippen LogP contribution in [0.2, 0.25) is 0 Å². The van der Waals surface area contributed by atoms with E-state index in [9.17, 15) is 13.2 Å². The minimum absolute atomic E-state index is 0.0581. The predicted molar refractivity (Wildman–Crippen MR) is 88.6 cm³/mol. The number of carbonyl (C=O) groups excluding carboxylic acids is 1. The van der Waals surface area contributed by atoms with E-state index in [1.54, 1.807) is 19.6 Å². The first-order valence-electron chi connectivity index (χ1n) is 7.93. The molecule has 1 unspecified atom stereocenters. The second-order valence-corrected chi connectivity index (χ2v) is 8.91. The summed E-state index contributed by atoms with van der Waals surface area (Å²) in [5, 5.41) is 2.88. The molecule has 1 N–H and O–H groups in total. The molecule has 1 aromatic rings. The van der Waals surface area contributed by atoms with Crippen molar-refractivity contribution in [3.05, 3.63) is 18.2 Å². The Labute approximate surface area is 138 Å². The highest BCUT2D eigenvalue weighted by Gasteiger charge is 2.31. The van der Waals surface area contributed by atoms with E-state index in [2.05, 4.69) is 24.1 Å². The molecule has 130 valence electrons. The maximum atomic E-state index is 12.1. The smallest absolute Gasteiger partial charge is 0.234 e. The van der Waals surface area contributed by atoms with Crippen LogP contribution in [0.3, 0.4) is 0 Å². The molecular formula is C15H26N4O3S. The fourth-order valence-electron chi connectivity index (χ4n) is 2.78. The van der Waals surface area contributed by atoms with Gasteiger partial charge in [0.25, 0.3) is 0 Å². The molecule has 2 rings (SSSR count). The van der Waals surface area contributed by atoms with Gasteiger partial charge >= 0.3 is 0 Å². The normalized spacial score (nSPS) is 20.3. The van der Waals surface area contributed by atoms with Crippen molar-refractivity contribution in [1.82, 2.24) is 19.8 Å². The summed E-state index contributed by atoms with van der Waals surface area (Å²) >= 11 is 0. The number of likely N-dealkylation sites (N-methyl/N-ethyl adjacent to an activating group) is 1. The molecule has 1 fully saturated rings. The second kappa shape index (κ2) is 7.44. The number of rotatable bonds is 7. The van der Waals surface area contributed by atoms with Crippen LogP contribution in [-0.2, 0) is 27.7 Å². The van der Waals surface area contributed by atoms with E-state index in [0.717, 1.165) is 12.2 Å². The predicted octanol–water partition coefficient (Wildman–Crippen LogP) is 0.274. The SMILES string of the molecule is CC(C)Cn1cncc1CNC(=O)CN(C)C1CCS(=O)(=O)C1. The van der Waals surface area contributed by atoms with E-state index in [-0.39, 0.29) is 30.0 Å². The lowest BCUT2D eigenvalue weighted by Gasteiger charge is -2.22. The Kier molecular flexibility index (Phi) is 5.80. The van der Waals surface area contributed by atoms with Crippen LogP contribution in [0.25, 0.3) is 0 Å². The fraction of sp³-hybridized carbons (Fsp3) is 0.733. The molecule has 0 spiro atoms. The summed E-state index contributed by atoms with van der Waals surface area (Å²) in [6.45, 7) is 5.77. The molecular weight excluding hydrogens is 316 g/mol. The highest BCUT2D eigenvalue weighted by atomic mass is 32.2. The number of aromatic nitrogens is 2. The first kappa shape index (κ1) is 17.9.